The zero-order valence-electron chi connectivity index (χ0n) is 9.85. The van der Waals surface area contributed by atoms with Crippen molar-refractivity contribution >= 4 is 25.8 Å². The largest absolute Gasteiger partial charge is 0.292 e. The molecular formula is C8H13N5O4S2. The Bertz CT molecular complexity index is 641. The number of sulfone groups is 1. The molecule has 0 unspecified atom stereocenters. The lowest BCUT2D eigenvalue weighted by atomic mass is 10.6. The fraction of sp³-hybridized carbons (Fsp3) is 0.500. The van der Waals surface area contributed by atoms with Crippen LogP contribution in [-0.2, 0) is 19.9 Å². The van der Waals surface area contributed by atoms with Gasteiger partial charge < -0.3 is 0 Å². The van der Waals surface area contributed by atoms with E-state index in [0.717, 1.165) is 16.7 Å². The number of aromatic nitrogens is 2. The number of nitrogens with one attached hydrogen (secondary N) is 1. The van der Waals surface area contributed by atoms with Crippen molar-refractivity contribution in [3.63, 3.8) is 0 Å². The molecule has 9 nitrogen and oxygen atoms in total. The van der Waals surface area contributed by atoms with Gasteiger partial charge >= 0.3 is 0 Å². The third kappa shape index (κ3) is 3.00. The van der Waals surface area contributed by atoms with Crippen molar-refractivity contribution in [1.29, 1.82) is 0 Å². The molecule has 1 aromatic rings. The lowest BCUT2D eigenvalue weighted by Gasteiger charge is -2.25. The van der Waals surface area contributed by atoms with Crippen LogP contribution in [0.3, 0.4) is 0 Å². The highest BCUT2D eigenvalue weighted by molar-refractivity contribution is 7.92. The lowest BCUT2D eigenvalue weighted by molar-refractivity contribution is 0.430. The summed E-state index contributed by atoms with van der Waals surface area (Å²) in [4.78, 5) is 7.34. The fourth-order valence-electron chi connectivity index (χ4n) is 1.61. The maximum Gasteiger partial charge on any atom is 0.246 e. The van der Waals surface area contributed by atoms with Gasteiger partial charge in [-0.15, -0.1) is 0 Å². The molecule has 0 aliphatic carbocycles. The molecule has 0 amide bonds. The molecule has 1 aliphatic rings. The van der Waals surface area contributed by atoms with E-state index in [9.17, 15) is 16.8 Å². The number of hydrogen-bond acceptors (Lipinski definition) is 8. The monoisotopic (exact) mass is 307 g/mol. The number of hydrogen-bond donors (Lipinski definition) is 2. The number of nitrogens with zero attached hydrogens (tertiary/aromatic N) is 3. The molecule has 1 saturated heterocycles. The number of nitrogens with two attached hydrogens (primary N) is 1. The van der Waals surface area contributed by atoms with E-state index >= 15 is 0 Å². The predicted molar refractivity (Wildman–Crippen MR) is 67.3 cm³/mol. The van der Waals surface area contributed by atoms with E-state index in [-0.39, 0.29) is 35.4 Å². The maximum atomic E-state index is 12.2. The minimum atomic E-state index is -3.76. The first kappa shape index (κ1) is 14.1. The lowest BCUT2D eigenvalue weighted by Crippen LogP contribution is -2.43. The van der Waals surface area contributed by atoms with Crippen molar-refractivity contribution < 1.29 is 16.8 Å². The molecule has 2 heterocycles. The molecule has 106 valence electrons. The molecule has 1 aromatic heterocycles. The standard InChI is InChI=1S/C8H13N5O4S2/c9-12-8-10-5-7(6-11-8)19(16,17)13-1-3-18(14,15)4-2-13/h5-6H,1-4,9H2,(H,10,11,12). The van der Waals surface area contributed by atoms with Gasteiger partial charge in [-0.3, -0.25) is 5.43 Å². The average Bonchev–Trinajstić information content (AvgIpc) is 2.38. The first-order valence-electron chi connectivity index (χ1n) is 5.34. The van der Waals surface area contributed by atoms with Crippen molar-refractivity contribution in [2.24, 2.45) is 5.84 Å². The van der Waals surface area contributed by atoms with E-state index in [1.807, 2.05) is 0 Å². The number of rotatable bonds is 3. The van der Waals surface area contributed by atoms with Crippen LogP contribution in [0.1, 0.15) is 0 Å². The van der Waals surface area contributed by atoms with E-state index < -0.39 is 19.9 Å². The van der Waals surface area contributed by atoms with Gasteiger partial charge in [-0.2, -0.15) is 4.31 Å². The third-order valence-corrected chi connectivity index (χ3v) is 6.16. The summed E-state index contributed by atoms with van der Waals surface area (Å²) in [5, 5.41) is 0. The molecule has 19 heavy (non-hydrogen) atoms. The smallest absolute Gasteiger partial charge is 0.246 e. The summed E-state index contributed by atoms with van der Waals surface area (Å²) in [6.45, 7) is -0.108. The molecular weight excluding hydrogens is 294 g/mol. The van der Waals surface area contributed by atoms with E-state index in [4.69, 9.17) is 5.84 Å². The topological polar surface area (TPSA) is 135 Å². The summed E-state index contributed by atoms with van der Waals surface area (Å²) in [7, 11) is -6.89. The maximum absolute atomic E-state index is 12.2. The summed E-state index contributed by atoms with van der Waals surface area (Å²) < 4.78 is 48.1. The Hall–Kier alpha value is -1.30. The number of nitrogen functional groups attached to an aromatic ring is 1. The average molecular weight is 307 g/mol. The minimum absolute atomic E-state index is 0.0540. The molecule has 1 fully saturated rings. The van der Waals surface area contributed by atoms with E-state index in [0.29, 0.717) is 0 Å². The Balaban J connectivity index is 2.22. The summed E-state index contributed by atoms with van der Waals surface area (Å²) in [5.41, 5.74) is 2.19. The highest BCUT2D eigenvalue weighted by atomic mass is 32.2. The van der Waals surface area contributed by atoms with Gasteiger partial charge in [0.15, 0.2) is 9.84 Å². The summed E-state index contributed by atoms with van der Waals surface area (Å²) in [6, 6.07) is 0. The van der Waals surface area contributed by atoms with Gasteiger partial charge in [0.1, 0.15) is 4.90 Å². The summed E-state index contributed by atoms with van der Waals surface area (Å²) in [5.74, 6) is 4.84. The highest BCUT2D eigenvalue weighted by Crippen LogP contribution is 2.17. The predicted octanol–water partition coefficient (Wildman–Crippen LogP) is -1.82. The quantitative estimate of drug-likeness (QED) is 0.492. The zero-order chi connectivity index (χ0) is 14.1. The molecule has 2 rings (SSSR count). The first-order chi connectivity index (χ1) is 8.85. The van der Waals surface area contributed by atoms with E-state index in [2.05, 4.69) is 15.4 Å². The molecule has 0 atom stereocenters. The zero-order valence-corrected chi connectivity index (χ0v) is 11.5. The number of anilines is 1. The van der Waals surface area contributed by atoms with Crippen LogP contribution in [-0.4, -0.2) is 55.7 Å². The molecule has 0 saturated carbocycles. The van der Waals surface area contributed by atoms with Crippen LogP contribution in [0.15, 0.2) is 17.3 Å². The second-order valence-corrected chi connectivity index (χ2v) is 8.18. The molecule has 0 spiro atoms. The summed E-state index contributed by atoms with van der Waals surface area (Å²) >= 11 is 0. The number of sulfonamides is 1. The van der Waals surface area contributed by atoms with E-state index in [1.165, 1.54) is 0 Å². The molecule has 1 aliphatic heterocycles. The fourth-order valence-corrected chi connectivity index (χ4v) is 4.37. The van der Waals surface area contributed by atoms with Crippen LogP contribution >= 0.6 is 0 Å². The highest BCUT2D eigenvalue weighted by Gasteiger charge is 2.31. The van der Waals surface area contributed by atoms with Crippen molar-refractivity contribution in [2.45, 2.75) is 4.90 Å². The van der Waals surface area contributed by atoms with Gasteiger partial charge in [0.2, 0.25) is 16.0 Å². The van der Waals surface area contributed by atoms with Crippen LogP contribution in [0, 0.1) is 0 Å². The second kappa shape index (κ2) is 5.00. The molecule has 3 N–H and O–H groups in total. The SMILES string of the molecule is NNc1ncc(S(=O)(=O)N2CCS(=O)(=O)CC2)cn1. The first-order valence-corrected chi connectivity index (χ1v) is 8.60. The van der Waals surface area contributed by atoms with Gasteiger partial charge in [-0.05, 0) is 0 Å². The third-order valence-electron chi connectivity index (χ3n) is 2.70. The van der Waals surface area contributed by atoms with Crippen LogP contribution in [0.4, 0.5) is 5.95 Å². The van der Waals surface area contributed by atoms with E-state index in [1.54, 1.807) is 0 Å². The van der Waals surface area contributed by atoms with Crippen LogP contribution < -0.4 is 11.3 Å². The molecule has 0 radical (unpaired) electrons. The number of hydrazine groups is 1. The van der Waals surface area contributed by atoms with Crippen molar-refractivity contribution in [3.05, 3.63) is 12.4 Å². The van der Waals surface area contributed by atoms with Crippen LogP contribution in [0.2, 0.25) is 0 Å². The van der Waals surface area contributed by atoms with Gasteiger partial charge in [0.25, 0.3) is 0 Å². The Morgan fingerprint density at radius 2 is 1.74 bits per heavy atom. The van der Waals surface area contributed by atoms with Gasteiger partial charge in [-0.1, -0.05) is 0 Å². The van der Waals surface area contributed by atoms with Gasteiger partial charge in [-0.25, -0.2) is 32.6 Å². The van der Waals surface area contributed by atoms with Crippen molar-refractivity contribution in [1.82, 2.24) is 14.3 Å². The van der Waals surface area contributed by atoms with Gasteiger partial charge in [0.05, 0.1) is 23.9 Å². The second-order valence-electron chi connectivity index (χ2n) is 3.94. The molecule has 0 bridgehead atoms. The Labute approximate surface area is 110 Å². The van der Waals surface area contributed by atoms with Crippen molar-refractivity contribution in [3.8, 4) is 0 Å². The minimum Gasteiger partial charge on any atom is -0.292 e. The van der Waals surface area contributed by atoms with Crippen LogP contribution in [0.5, 0.6) is 0 Å². The summed E-state index contributed by atoms with van der Waals surface area (Å²) in [6.07, 6.45) is 2.25. The normalized spacial score (nSPS) is 20.1. The molecule has 11 heteroatoms. The van der Waals surface area contributed by atoms with Crippen molar-refractivity contribution in [2.75, 3.05) is 30.0 Å². The Morgan fingerprint density at radius 3 is 2.21 bits per heavy atom. The van der Waals surface area contributed by atoms with Gasteiger partial charge in [0, 0.05) is 13.1 Å². The van der Waals surface area contributed by atoms with Crippen LogP contribution in [0.25, 0.3) is 0 Å². The Morgan fingerprint density at radius 1 is 1.21 bits per heavy atom. The molecule has 0 aromatic carbocycles. The Kier molecular flexibility index (Phi) is 3.71.